The Kier molecular flexibility index (Phi) is 7.95. The number of alkyl halides is 1. The standard InChI is InChI=1S/C6H6O.C5H9ClO/c7-6-4-2-1-3-5-6;1-5(7)3-2-4-6/h1-5,7H;2-4H2,1H3. The van der Waals surface area contributed by atoms with Gasteiger partial charge in [0, 0.05) is 12.3 Å². The summed E-state index contributed by atoms with van der Waals surface area (Å²) >= 11 is 5.29. The molecule has 0 spiro atoms. The number of halogens is 1. The number of carbonyl (C=O) groups excluding carboxylic acids is 1. The van der Waals surface area contributed by atoms with Crippen molar-refractivity contribution < 1.29 is 9.90 Å². The topological polar surface area (TPSA) is 37.3 Å². The number of carbonyl (C=O) groups is 1. The van der Waals surface area contributed by atoms with Gasteiger partial charge in [0.1, 0.15) is 11.5 Å². The van der Waals surface area contributed by atoms with Crippen LogP contribution in [0.2, 0.25) is 0 Å². The normalized spacial score (nSPS) is 8.71. The molecule has 0 heterocycles. The number of ketones is 1. The van der Waals surface area contributed by atoms with Crippen LogP contribution in [0.5, 0.6) is 5.75 Å². The SMILES string of the molecule is CC(=O)CCCCl.Oc1ccccc1. The van der Waals surface area contributed by atoms with Crippen LogP contribution in [0.3, 0.4) is 0 Å². The largest absolute Gasteiger partial charge is 0.508 e. The lowest BCUT2D eigenvalue weighted by molar-refractivity contribution is -0.117. The fraction of sp³-hybridized carbons (Fsp3) is 0.364. The fourth-order valence-electron chi connectivity index (χ4n) is 0.744. The minimum Gasteiger partial charge on any atom is -0.508 e. The maximum Gasteiger partial charge on any atom is 0.129 e. The third-order valence-electron chi connectivity index (χ3n) is 1.42. The van der Waals surface area contributed by atoms with Gasteiger partial charge >= 0.3 is 0 Å². The van der Waals surface area contributed by atoms with E-state index in [-0.39, 0.29) is 5.78 Å². The summed E-state index contributed by atoms with van der Waals surface area (Å²) in [7, 11) is 0. The summed E-state index contributed by atoms with van der Waals surface area (Å²) in [5.74, 6) is 1.14. The van der Waals surface area contributed by atoms with E-state index in [0.717, 1.165) is 6.42 Å². The quantitative estimate of drug-likeness (QED) is 0.786. The predicted molar refractivity (Wildman–Crippen MR) is 58.7 cm³/mol. The van der Waals surface area contributed by atoms with Crippen LogP contribution in [0.4, 0.5) is 0 Å². The van der Waals surface area contributed by atoms with Gasteiger partial charge in [-0.15, -0.1) is 11.6 Å². The number of Topliss-reactive ketones (excluding diaryl/α,β-unsaturated/α-hetero) is 1. The van der Waals surface area contributed by atoms with E-state index >= 15 is 0 Å². The van der Waals surface area contributed by atoms with E-state index in [2.05, 4.69) is 0 Å². The van der Waals surface area contributed by atoms with Gasteiger partial charge < -0.3 is 9.90 Å². The van der Waals surface area contributed by atoms with Crippen LogP contribution in [0.15, 0.2) is 30.3 Å². The molecule has 0 aliphatic rings. The van der Waals surface area contributed by atoms with Gasteiger partial charge in [-0.05, 0) is 25.5 Å². The highest BCUT2D eigenvalue weighted by Gasteiger charge is 1.88. The average molecular weight is 215 g/mol. The number of hydrogen-bond donors (Lipinski definition) is 1. The van der Waals surface area contributed by atoms with E-state index in [1.54, 1.807) is 31.2 Å². The second kappa shape index (κ2) is 8.57. The molecule has 0 saturated carbocycles. The summed E-state index contributed by atoms with van der Waals surface area (Å²) in [6.07, 6.45) is 1.44. The first-order valence-corrected chi connectivity index (χ1v) is 4.99. The second-order valence-corrected chi connectivity index (χ2v) is 3.21. The Bertz CT molecular complexity index is 247. The number of hydrogen-bond acceptors (Lipinski definition) is 2. The van der Waals surface area contributed by atoms with Crippen LogP contribution in [-0.4, -0.2) is 16.8 Å². The van der Waals surface area contributed by atoms with Gasteiger partial charge in [-0.1, -0.05) is 18.2 Å². The second-order valence-electron chi connectivity index (χ2n) is 2.83. The van der Waals surface area contributed by atoms with Gasteiger partial charge in [-0.3, -0.25) is 0 Å². The zero-order valence-corrected chi connectivity index (χ0v) is 9.00. The molecule has 3 heteroatoms. The molecule has 1 rings (SSSR count). The maximum atomic E-state index is 10.1. The lowest BCUT2D eigenvalue weighted by atomic mass is 10.3. The van der Waals surface area contributed by atoms with Gasteiger partial charge in [0.05, 0.1) is 0 Å². The molecule has 0 unspecified atom stereocenters. The molecular formula is C11H15ClO2. The summed E-state index contributed by atoms with van der Waals surface area (Å²) in [5, 5.41) is 8.63. The number of phenols is 1. The van der Waals surface area contributed by atoms with Crippen molar-refractivity contribution in [2.24, 2.45) is 0 Å². The van der Waals surface area contributed by atoms with Gasteiger partial charge in [0.25, 0.3) is 0 Å². The van der Waals surface area contributed by atoms with E-state index < -0.39 is 0 Å². The van der Waals surface area contributed by atoms with Crippen LogP contribution in [-0.2, 0) is 4.79 Å². The molecule has 1 aromatic carbocycles. The van der Waals surface area contributed by atoms with Gasteiger partial charge in [-0.25, -0.2) is 0 Å². The van der Waals surface area contributed by atoms with E-state index in [0.29, 0.717) is 18.1 Å². The molecule has 0 aliphatic heterocycles. The molecule has 0 radical (unpaired) electrons. The van der Waals surface area contributed by atoms with Crippen molar-refractivity contribution >= 4 is 17.4 Å². The third-order valence-corrected chi connectivity index (χ3v) is 1.69. The molecule has 0 bridgehead atoms. The zero-order chi connectivity index (χ0) is 10.8. The highest BCUT2D eigenvalue weighted by Crippen LogP contribution is 2.02. The molecule has 14 heavy (non-hydrogen) atoms. The predicted octanol–water partition coefficient (Wildman–Crippen LogP) is 2.99. The Hall–Kier alpha value is -1.02. The van der Waals surface area contributed by atoms with Crippen LogP contribution in [0.25, 0.3) is 0 Å². The molecule has 0 atom stereocenters. The number of rotatable bonds is 3. The van der Waals surface area contributed by atoms with Crippen LogP contribution in [0.1, 0.15) is 19.8 Å². The van der Waals surface area contributed by atoms with Crippen molar-refractivity contribution in [3.8, 4) is 5.75 Å². The Balaban J connectivity index is 0.000000241. The number of phenolic OH excluding ortho intramolecular Hbond substituents is 1. The van der Waals surface area contributed by atoms with Crippen molar-refractivity contribution in [2.75, 3.05) is 5.88 Å². The van der Waals surface area contributed by atoms with E-state index in [4.69, 9.17) is 16.7 Å². The molecule has 0 saturated heterocycles. The molecule has 0 amide bonds. The van der Waals surface area contributed by atoms with E-state index in [1.165, 1.54) is 0 Å². The van der Waals surface area contributed by atoms with E-state index in [9.17, 15) is 4.79 Å². The zero-order valence-electron chi connectivity index (χ0n) is 8.24. The van der Waals surface area contributed by atoms with Gasteiger partial charge in [-0.2, -0.15) is 0 Å². The monoisotopic (exact) mass is 214 g/mol. The lowest BCUT2D eigenvalue weighted by Gasteiger charge is -1.85. The average Bonchev–Trinajstić information content (AvgIpc) is 2.17. The summed E-state index contributed by atoms with van der Waals surface area (Å²) in [4.78, 5) is 10.1. The van der Waals surface area contributed by atoms with Crippen molar-refractivity contribution in [3.05, 3.63) is 30.3 Å². The Morgan fingerprint density at radius 1 is 1.36 bits per heavy atom. The number of para-hydroxylation sites is 1. The molecule has 2 nitrogen and oxygen atoms in total. The minimum absolute atomic E-state index is 0.223. The summed E-state index contributed by atoms with van der Waals surface area (Å²) in [5.41, 5.74) is 0. The van der Waals surface area contributed by atoms with Crippen LogP contribution in [0, 0.1) is 0 Å². The van der Waals surface area contributed by atoms with Crippen molar-refractivity contribution in [1.29, 1.82) is 0 Å². The number of aromatic hydroxyl groups is 1. The summed E-state index contributed by atoms with van der Waals surface area (Å²) < 4.78 is 0. The first kappa shape index (κ1) is 13.0. The van der Waals surface area contributed by atoms with Crippen LogP contribution < -0.4 is 0 Å². The first-order chi connectivity index (χ1) is 6.66. The Morgan fingerprint density at radius 3 is 2.14 bits per heavy atom. The molecule has 1 N–H and O–H groups in total. The number of benzene rings is 1. The Morgan fingerprint density at radius 2 is 1.93 bits per heavy atom. The third kappa shape index (κ3) is 9.07. The van der Waals surface area contributed by atoms with Gasteiger partial charge in [0.15, 0.2) is 0 Å². The molecule has 78 valence electrons. The maximum absolute atomic E-state index is 10.1. The highest BCUT2D eigenvalue weighted by atomic mass is 35.5. The molecule has 1 aromatic rings. The lowest BCUT2D eigenvalue weighted by Crippen LogP contribution is -1.88. The fourth-order valence-corrected chi connectivity index (χ4v) is 0.877. The molecule has 0 aromatic heterocycles. The molecule has 0 aliphatic carbocycles. The summed E-state index contributed by atoms with van der Waals surface area (Å²) in [6, 6.07) is 8.71. The molecule has 0 fully saturated rings. The van der Waals surface area contributed by atoms with Crippen molar-refractivity contribution in [3.63, 3.8) is 0 Å². The van der Waals surface area contributed by atoms with Crippen LogP contribution >= 0.6 is 11.6 Å². The van der Waals surface area contributed by atoms with Crippen molar-refractivity contribution in [1.82, 2.24) is 0 Å². The smallest absolute Gasteiger partial charge is 0.129 e. The summed E-state index contributed by atoms with van der Waals surface area (Å²) in [6.45, 7) is 1.58. The molecular weight excluding hydrogens is 200 g/mol. The van der Waals surface area contributed by atoms with Gasteiger partial charge in [0.2, 0.25) is 0 Å². The highest BCUT2D eigenvalue weighted by molar-refractivity contribution is 6.17. The van der Waals surface area contributed by atoms with Crippen molar-refractivity contribution in [2.45, 2.75) is 19.8 Å². The van der Waals surface area contributed by atoms with E-state index in [1.807, 2.05) is 6.07 Å². The Labute approximate surface area is 89.5 Å². The first-order valence-electron chi connectivity index (χ1n) is 4.46. The minimum atomic E-state index is 0.223.